The fourth-order valence-electron chi connectivity index (χ4n) is 2.99. The average molecular weight is 265 g/mol. The van der Waals surface area contributed by atoms with Crippen LogP contribution in [0.2, 0.25) is 0 Å². The molecule has 0 amide bonds. The van der Waals surface area contributed by atoms with Crippen LogP contribution in [0.25, 0.3) is 0 Å². The summed E-state index contributed by atoms with van der Waals surface area (Å²) in [6.45, 7) is 1.69. The fraction of sp³-hybridized carbons (Fsp3) is 0.500. The Morgan fingerprint density at radius 2 is 2.11 bits per heavy atom. The van der Waals surface area contributed by atoms with Crippen molar-refractivity contribution in [3.63, 3.8) is 0 Å². The van der Waals surface area contributed by atoms with Crippen LogP contribution in [-0.2, 0) is 10.3 Å². The molecule has 1 aliphatic rings. The Labute approximate surface area is 110 Å². The standard InChI is InChI=1S/C14H16FNO3/c1-9-7-10(15)13(19-2)12(18)11(9)14(16-8-17)5-3-4-6-14/h7,18H,3-6H2,1-2H3. The SMILES string of the molecule is COc1c(F)cc(C)c(C2(N=C=O)CCCC2)c1O. The molecule has 0 radical (unpaired) electrons. The summed E-state index contributed by atoms with van der Waals surface area (Å²) >= 11 is 0. The third kappa shape index (κ3) is 2.10. The number of aryl methyl sites for hydroxylation is 1. The van der Waals surface area contributed by atoms with E-state index in [2.05, 4.69) is 4.99 Å². The normalized spacial score (nSPS) is 17.0. The lowest BCUT2D eigenvalue weighted by Gasteiger charge is -2.26. The summed E-state index contributed by atoms with van der Waals surface area (Å²) in [6.07, 6.45) is 4.69. The van der Waals surface area contributed by atoms with Gasteiger partial charge >= 0.3 is 0 Å². The number of ether oxygens (including phenoxy) is 1. The van der Waals surface area contributed by atoms with Gasteiger partial charge in [-0.2, -0.15) is 4.99 Å². The van der Waals surface area contributed by atoms with Crippen molar-refractivity contribution >= 4 is 6.08 Å². The molecule has 0 spiro atoms. The van der Waals surface area contributed by atoms with Gasteiger partial charge in [0.25, 0.3) is 0 Å². The van der Waals surface area contributed by atoms with E-state index in [1.165, 1.54) is 13.2 Å². The first kappa shape index (κ1) is 13.6. The van der Waals surface area contributed by atoms with Gasteiger partial charge in [-0.15, -0.1) is 0 Å². The summed E-state index contributed by atoms with van der Waals surface area (Å²) < 4.78 is 18.6. The Morgan fingerprint density at radius 3 is 2.63 bits per heavy atom. The van der Waals surface area contributed by atoms with E-state index < -0.39 is 11.4 Å². The van der Waals surface area contributed by atoms with E-state index in [0.717, 1.165) is 12.8 Å². The van der Waals surface area contributed by atoms with Crippen LogP contribution in [0.15, 0.2) is 11.1 Å². The molecule has 0 unspecified atom stereocenters. The Balaban J connectivity index is 2.70. The highest BCUT2D eigenvalue weighted by Crippen LogP contribution is 2.49. The number of aliphatic imine (C=N–C) groups is 1. The minimum Gasteiger partial charge on any atom is -0.504 e. The maximum Gasteiger partial charge on any atom is 0.235 e. The maximum atomic E-state index is 13.7. The van der Waals surface area contributed by atoms with Gasteiger partial charge in [-0.25, -0.2) is 9.18 Å². The van der Waals surface area contributed by atoms with E-state index in [4.69, 9.17) is 4.74 Å². The molecule has 102 valence electrons. The minimum absolute atomic E-state index is 0.201. The van der Waals surface area contributed by atoms with Crippen LogP contribution < -0.4 is 4.74 Å². The maximum absolute atomic E-state index is 13.7. The molecule has 4 nitrogen and oxygen atoms in total. The molecule has 0 aliphatic heterocycles. The molecular formula is C14H16FNO3. The van der Waals surface area contributed by atoms with Crippen LogP contribution in [-0.4, -0.2) is 18.3 Å². The van der Waals surface area contributed by atoms with Gasteiger partial charge in [0, 0.05) is 5.56 Å². The van der Waals surface area contributed by atoms with Crippen molar-refractivity contribution in [3.05, 3.63) is 23.0 Å². The fourth-order valence-corrected chi connectivity index (χ4v) is 2.99. The van der Waals surface area contributed by atoms with Crippen LogP contribution in [0.4, 0.5) is 4.39 Å². The number of benzene rings is 1. The van der Waals surface area contributed by atoms with Gasteiger partial charge in [0.2, 0.25) is 6.08 Å². The number of phenolic OH excluding ortho intramolecular Hbond substituents is 1. The third-order valence-electron chi connectivity index (χ3n) is 3.77. The molecule has 0 aromatic heterocycles. The molecule has 1 saturated carbocycles. The van der Waals surface area contributed by atoms with Crippen molar-refractivity contribution in [1.29, 1.82) is 0 Å². The molecule has 0 heterocycles. The first-order valence-electron chi connectivity index (χ1n) is 6.21. The van der Waals surface area contributed by atoms with Gasteiger partial charge in [-0.1, -0.05) is 12.8 Å². The number of methoxy groups -OCH3 is 1. The van der Waals surface area contributed by atoms with Crippen molar-refractivity contribution < 1.29 is 19.0 Å². The number of halogens is 1. The van der Waals surface area contributed by atoms with Gasteiger partial charge in [0.15, 0.2) is 17.3 Å². The predicted molar refractivity (Wildman–Crippen MR) is 67.6 cm³/mol. The smallest absolute Gasteiger partial charge is 0.235 e. The van der Waals surface area contributed by atoms with Crippen molar-refractivity contribution in [2.75, 3.05) is 7.11 Å². The molecule has 2 rings (SSSR count). The van der Waals surface area contributed by atoms with E-state index >= 15 is 0 Å². The summed E-state index contributed by atoms with van der Waals surface area (Å²) in [4.78, 5) is 14.6. The van der Waals surface area contributed by atoms with Crippen LogP contribution in [0.1, 0.15) is 36.8 Å². The average Bonchev–Trinajstić information content (AvgIpc) is 2.78. The summed E-state index contributed by atoms with van der Waals surface area (Å²) in [5.41, 5.74) is 0.250. The molecule has 1 fully saturated rings. The van der Waals surface area contributed by atoms with Crippen molar-refractivity contribution in [3.8, 4) is 11.5 Å². The van der Waals surface area contributed by atoms with Crippen molar-refractivity contribution in [2.24, 2.45) is 4.99 Å². The molecule has 19 heavy (non-hydrogen) atoms. The van der Waals surface area contributed by atoms with Gasteiger partial charge in [0.1, 0.15) is 5.54 Å². The molecular weight excluding hydrogens is 249 g/mol. The summed E-state index contributed by atoms with van der Waals surface area (Å²) in [6, 6.07) is 1.30. The number of rotatable bonds is 3. The molecule has 1 N–H and O–H groups in total. The molecule has 1 aromatic carbocycles. The highest BCUT2D eigenvalue weighted by Gasteiger charge is 2.40. The molecule has 0 bridgehead atoms. The van der Waals surface area contributed by atoms with Crippen LogP contribution in [0, 0.1) is 12.7 Å². The number of phenols is 1. The Kier molecular flexibility index (Phi) is 3.58. The number of carbonyl (C=O) groups excluding carboxylic acids is 1. The van der Waals surface area contributed by atoms with E-state index in [0.29, 0.717) is 24.0 Å². The highest BCUT2D eigenvalue weighted by atomic mass is 19.1. The zero-order valence-electron chi connectivity index (χ0n) is 11.0. The Morgan fingerprint density at radius 1 is 1.47 bits per heavy atom. The summed E-state index contributed by atoms with van der Waals surface area (Å²) in [5, 5.41) is 10.2. The van der Waals surface area contributed by atoms with Gasteiger partial charge in [0.05, 0.1) is 7.11 Å². The first-order valence-corrected chi connectivity index (χ1v) is 6.21. The van der Waals surface area contributed by atoms with Gasteiger partial charge < -0.3 is 9.84 Å². The summed E-state index contributed by atoms with van der Waals surface area (Å²) in [7, 11) is 1.29. The molecule has 1 aliphatic carbocycles. The minimum atomic E-state index is -0.795. The van der Waals surface area contributed by atoms with Crippen LogP contribution in [0.3, 0.4) is 0 Å². The largest absolute Gasteiger partial charge is 0.504 e. The van der Waals surface area contributed by atoms with Crippen LogP contribution >= 0.6 is 0 Å². The first-order chi connectivity index (χ1) is 9.05. The monoisotopic (exact) mass is 265 g/mol. The number of nitrogens with zero attached hydrogens (tertiary/aromatic N) is 1. The highest BCUT2D eigenvalue weighted by molar-refractivity contribution is 5.55. The van der Waals surface area contributed by atoms with Crippen molar-refractivity contribution in [2.45, 2.75) is 38.1 Å². The lowest BCUT2D eigenvalue weighted by Crippen LogP contribution is -2.21. The molecule has 0 saturated heterocycles. The Bertz CT molecular complexity index is 544. The van der Waals surface area contributed by atoms with E-state index in [1.54, 1.807) is 13.0 Å². The van der Waals surface area contributed by atoms with E-state index in [1.807, 2.05) is 0 Å². The Hall–Kier alpha value is -1.87. The second-order valence-corrected chi connectivity index (χ2v) is 4.87. The quantitative estimate of drug-likeness (QED) is 0.675. The second kappa shape index (κ2) is 5.02. The lowest BCUT2D eigenvalue weighted by atomic mass is 9.84. The number of hydrogen-bond acceptors (Lipinski definition) is 4. The van der Waals surface area contributed by atoms with Crippen molar-refractivity contribution in [1.82, 2.24) is 0 Å². The predicted octanol–water partition coefficient (Wildman–Crippen LogP) is 2.95. The lowest BCUT2D eigenvalue weighted by molar-refractivity contribution is 0.336. The molecule has 1 aromatic rings. The third-order valence-corrected chi connectivity index (χ3v) is 3.77. The number of hydrogen-bond donors (Lipinski definition) is 1. The van der Waals surface area contributed by atoms with Gasteiger partial charge in [-0.05, 0) is 31.4 Å². The summed E-state index contributed by atoms with van der Waals surface area (Å²) in [5.74, 6) is -1.08. The zero-order valence-corrected chi connectivity index (χ0v) is 11.0. The van der Waals surface area contributed by atoms with Crippen LogP contribution in [0.5, 0.6) is 11.5 Å². The van der Waals surface area contributed by atoms with E-state index in [-0.39, 0.29) is 11.5 Å². The number of isocyanates is 1. The molecule has 5 heteroatoms. The second-order valence-electron chi connectivity index (χ2n) is 4.87. The zero-order chi connectivity index (χ0) is 14.0. The topological polar surface area (TPSA) is 58.9 Å². The molecule has 0 atom stereocenters. The van der Waals surface area contributed by atoms with E-state index in [9.17, 15) is 14.3 Å². The van der Waals surface area contributed by atoms with Gasteiger partial charge in [-0.3, -0.25) is 0 Å². The number of aromatic hydroxyl groups is 1.